The lowest BCUT2D eigenvalue weighted by molar-refractivity contribution is -0.206. The molecule has 0 bridgehead atoms. The van der Waals surface area contributed by atoms with Gasteiger partial charge in [0.2, 0.25) is 5.91 Å². The molecule has 3 atom stereocenters. The van der Waals surface area contributed by atoms with Crippen molar-refractivity contribution in [3.8, 4) is 28.7 Å². The molecule has 0 aliphatic carbocycles. The highest BCUT2D eigenvalue weighted by atomic mass is 16.7. The average Bonchev–Trinajstić information content (AvgIpc) is 3.02. The minimum Gasteiger partial charge on any atom is -0.497 e. The molecule has 47 heavy (non-hydrogen) atoms. The minimum absolute atomic E-state index is 0. The van der Waals surface area contributed by atoms with Gasteiger partial charge in [-0.25, -0.2) is 5.06 Å². The molecule has 2 aromatic carbocycles. The quantitative estimate of drug-likeness (QED) is 0.203. The zero-order chi connectivity index (χ0) is 34.8. The topological polar surface area (TPSA) is 177 Å². The van der Waals surface area contributed by atoms with Crippen molar-refractivity contribution in [2.45, 2.75) is 73.3 Å². The molecule has 0 saturated heterocycles. The molecule has 0 aliphatic heterocycles. The van der Waals surface area contributed by atoms with Crippen LogP contribution in [0.2, 0.25) is 0 Å². The van der Waals surface area contributed by atoms with Gasteiger partial charge in [-0.05, 0) is 36.8 Å². The number of hydrogen-bond donors (Lipinski definition) is 3. The van der Waals surface area contributed by atoms with E-state index in [9.17, 15) is 19.5 Å². The maximum atomic E-state index is 14.1. The fourth-order valence-corrected chi connectivity index (χ4v) is 5.07. The first-order chi connectivity index (χ1) is 21.6. The van der Waals surface area contributed by atoms with Gasteiger partial charge in [-0.1, -0.05) is 34.6 Å². The summed E-state index contributed by atoms with van der Waals surface area (Å²) >= 11 is 0. The molecule has 0 aliphatic rings. The van der Waals surface area contributed by atoms with E-state index in [2.05, 4.69) is 5.32 Å². The summed E-state index contributed by atoms with van der Waals surface area (Å²) in [5, 5.41) is 15.3. The third kappa shape index (κ3) is 11.0. The predicted octanol–water partition coefficient (Wildman–Crippen LogP) is 4.50. The molecule has 0 fully saturated rings. The Bertz CT molecular complexity index is 1320. The highest BCUT2D eigenvalue weighted by molar-refractivity contribution is 5.92. The van der Waals surface area contributed by atoms with Crippen molar-refractivity contribution in [3.05, 3.63) is 41.5 Å². The first-order valence-electron chi connectivity index (χ1n) is 15.0. The van der Waals surface area contributed by atoms with Crippen molar-refractivity contribution < 1.29 is 48.0 Å². The second kappa shape index (κ2) is 18.3. The van der Waals surface area contributed by atoms with Crippen LogP contribution in [0.4, 0.5) is 0 Å². The lowest BCUT2D eigenvalue weighted by Crippen LogP contribution is -2.54. The van der Waals surface area contributed by atoms with Crippen LogP contribution in [-0.4, -0.2) is 75.5 Å². The number of methoxy groups -OCH3 is 5. The van der Waals surface area contributed by atoms with E-state index >= 15 is 0 Å². The zero-order valence-corrected chi connectivity index (χ0v) is 29.6. The number of hydroxylamine groups is 2. The summed E-state index contributed by atoms with van der Waals surface area (Å²) in [6.45, 7) is 10.3. The molecule has 0 spiro atoms. The number of carbonyl (C=O) groups excluding carboxylic acids is 3. The number of aliphatic hydroxyl groups is 1. The normalized spacial score (nSPS) is 13.0. The third-order valence-corrected chi connectivity index (χ3v) is 7.49. The molecule has 2 amide bonds. The summed E-state index contributed by atoms with van der Waals surface area (Å²) in [5.74, 6) is -0.778. The Hall–Kier alpha value is -4.07. The Morgan fingerprint density at radius 3 is 1.83 bits per heavy atom. The van der Waals surface area contributed by atoms with Gasteiger partial charge in [0.25, 0.3) is 5.91 Å². The lowest BCUT2D eigenvalue weighted by Gasteiger charge is -2.33. The number of aliphatic hydroxyl groups excluding tert-OH is 1. The Balaban J connectivity index is 0.0000110. The van der Waals surface area contributed by atoms with E-state index in [0.717, 1.165) is 5.06 Å². The summed E-state index contributed by atoms with van der Waals surface area (Å²) in [7, 11) is 7.46. The third-order valence-electron chi connectivity index (χ3n) is 7.49. The Labute approximate surface area is 278 Å². The predicted molar refractivity (Wildman–Crippen MR) is 177 cm³/mol. The van der Waals surface area contributed by atoms with Gasteiger partial charge in [-0.15, -0.1) is 0 Å². The molecule has 0 saturated carbocycles. The van der Waals surface area contributed by atoms with E-state index in [0.29, 0.717) is 39.9 Å². The lowest BCUT2D eigenvalue weighted by atomic mass is 9.83. The standard InChI is InChI=1S/C34H50N2O10.H3N/c1-20(2)14-25(32(39)35-31(21(3)37)34(4,5)6)30(38)33(40)36(46-19-22-12-13-23(41-7)15-27(22)43-9)18-26-28(44-10)16-24(42-8)17-29(26)45-11;/h12-13,15-17,20,25,30-31,38H,14,18-19H2,1-11H3,(H,35,39);1H3/t25-,30?,31-;/m1./s1. The maximum Gasteiger partial charge on any atom is 0.276 e. The van der Waals surface area contributed by atoms with Crippen molar-refractivity contribution >= 4 is 17.6 Å². The number of rotatable bonds is 17. The van der Waals surface area contributed by atoms with E-state index in [4.69, 9.17) is 28.5 Å². The molecule has 5 N–H and O–H groups in total. The number of Topliss-reactive ketones (excluding diaryl/α,β-unsaturated/α-hetero) is 1. The van der Waals surface area contributed by atoms with Crippen LogP contribution in [0, 0.1) is 17.3 Å². The summed E-state index contributed by atoms with van der Waals surface area (Å²) in [4.78, 5) is 46.3. The molecule has 2 aromatic rings. The highest BCUT2D eigenvalue weighted by Gasteiger charge is 2.39. The number of hydrogen-bond acceptors (Lipinski definition) is 11. The van der Waals surface area contributed by atoms with Gasteiger partial charge < -0.3 is 40.3 Å². The van der Waals surface area contributed by atoms with Crippen LogP contribution in [0.25, 0.3) is 0 Å². The van der Waals surface area contributed by atoms with Crippen LogP contribution in [0.3, 0.4) is 0 Å². The van der Waals surface area contributed by atoms with Crippen molar-refractivity contribution in [2.75, 3.05) is 35.5 Å². The molecule has 2 rings (SSSR count). The summed E-state index contributed by atoms with van der Waals surface area (Å²) in [6, 6.07) is 7.58. The van der Waals surface area contributed by atoms with Crippen LogP contribution in [0.15, 0.2) is 30.3 Å². The summed E-state index contributed by atoms with van der Waals surface area (Å²) in [6.07, 6.45) is -1.65. The SMILES string of the molecule is COc1ccc(CON(Cc2c(OC)cc(OC)cc2OC)C(=O)C(O)[C@@H](CC(C)C)C(=O)N[C@H](C(C)=O)C(C)(C)C)c(OC)c1.N. The fourth-order valence-electron chi connectivity index (χ4n) is 5.07. The van der Waals surface area contributed by atoms with Gasteiger partial charge in [0, 0.05) is 23.8 Å². The molecule has 0 radical (unpaired) electrons. The van der Waals surface area contributed by atoms with E-state index in [1.165, 1.54) is 42.5 Å². The number of carbonyl (C=O) groups is 3. The van der Waals surface area contributed by atoms with Crippen molar-refractivity contribution in [2.24, 2.45) is 17.3 Å². The summed E-state index contributed by atoms with van der Waals surface area (Å²) in [5.41, 5.74) is 0.435. The Morgan fingerprint density at radius 2 is 1.38 bits per heavy atom. The first kappa shape index (κ1) is 41.0. The van der Waals surface area contributed by atoms with Crippen LogP contribution in [0.1, 0.15) is 59.1 Å². The highest BCUT2D eigenvalue weighted by Crippen LogP contribution is 2.36. The van der Waals surface area contributed by atoms with E-state index < -0.39 is 35.3 Å². The van der Waals surface area contributed by atoms with Gasteiger partial charge in [-0.2, -0.15) is 0 Å². The number of nitrogens with one attached hydrogen (secondary N) is 1. The number of ether oxygens (including phenoxy) is 5. The van der Waals surface area contributed by atoms with Gasteiger partial charge in [0.1, 0.15) is 41.5 Å². The molecule has 0 heterocycles. The van der Waals surface area contributed by atoms with Crippen LogP contribution in [0.5, 0.6) is 28.7 Å². The monoisotopic (exact) mass is 663 g/mol. The second-order valence-corrected chi connectivity index (χ2v) is 12.4. The second-order valence-electron chi connectivity index (χ2n) is 12.4. The van der Waals surface area contributed by atoms with Crippen molar-refractivity contribution in [1.29, 1.82) is 0 Å². The first-order valence-corrected chi connectivity index (χ1v) is 15.0. The molecule has 13 nitrogen and oxygen atoms in total. The molecular weight excluding hydrogens is 610 g/mol. The van der Waals surface area contributed by atoms with Crippen LogP contribution >= 0.6 is 0 Å². The van der Waals surface area contributed by atoms with Gasteiger partial charge in [0.15, 0.2) is 5.78 Å². The average molecular weight is 664 g/mol. The Morgan fingerprint density at radius 1 is 0.851 bits per heavy atom. The molecule has 13 heteroatoms. The van der Waals surface area contributed by atoms with Gasteiger partial charge in [-0.3, -0.25) is 19.2 Å². The van der Waals surface area contributed by atoms with E-state index in [1.807, 2.05) is 34.6 Å². The van der Waals surface area contributed by atoms with E-state index in [-0.39, 0.29) is 37.4 Å². The van der Waals surface area contributed by atoms with Crippen LogP contribution < -0.4 is 35.2 Å². The smallest absolute Gasteiger partial charge is 0.276 e. The van der Waals surface area contributed by atoms with Crippen molar-refractivity contribution in [3.63, 3.8) is 0 Å². The zero-order valence-electron chi connectivity index (χ0n) is 29.6. The van der Waals surface area contributed by atoms with E-state index in [1.54, 1.807) is 30.3 Å². The Kier molecular flexibility index (Phi) is 16.0. The number of amides is 2. The number of nitrogens with zero attached hydrogens (tertiary/aromatic N) is 1. The maximum absolute atomic E-state index is 14.1. The molecule has 1 unspecified atom stereocenters. The number of benzene rings is 2. The summed E-state index contributed by atoms with van der Waals surface area (Å²) < 4.78 is 27.3. The van der Waals surface area contributed by atoms with Crippen molar-refractivity contribution in [1.82, 2.24) is 16.5 Å². The van der Waals surface area contributed by atoms with Crippen LogP contribution in [-0.2, 0) is 32.4 Å². The minimum atomic E-state index is -1.82. The van der Waals surface area contributed by atoms with Gasteiger partial charge in [0.05, 0.1) is 59.6 Å². The van der Waals surface area contributed by atoms with Gasteiger partial charge >= 0.3 is 0 Å². The molecule has 264 valence electrons. The fraction of sp³-hybridized carbons (Fsp3) is 0.559. The molecule has 0 aromatic heterocycles. The molecular formula is C34H53N3O10. The number of ketones is 1. The largest absolute Gasteiger partial charge is 0.497 e.